The van der Waals surface area contributed by atoms with Gasteiger partial charge in [0.2, 0.25) is 0 Å². The summed E-state index contributed by atoms with van der Waals surface area (Å²) in [5, 5.41) is 9.00. The summed E-state index contributed by atoms with van der Waals surface area (Å²) < 4.78 is 11.0. The van der Waals surface area contributed by atoms with Crippen molar-refractivity contribution in [3.8, 4) is 0 Å². The summed E-state index contributed by atoms with van der Waals surface area (Å²) in [5.41, 5.74) is 1.76. The minimum absolute atomic E-state index is 0.0381. The summed E-state index contributed by atoms with van der Waals surface area (Å²) in [6.07, 6.45) is -0.0381. The molecule has 0 aliphatic carbocycles. The third kappa shape index (κ3) is 3.40. The summed E-state index contributed by atoms with van der Waals surface area (Å²) in [7, 11) is 0. The molecule has 1 fully saturated rings. The highest BCUT2D eigenvalue weighted by molar-refractivity contribution is 7.10. The van der Waals surface area contributed by atoms with E-state index in [1.165, 1.54) is 0 Å². The van der Waals surface area contributed by atoms with Crippen molar-refractivity contribution < 1.29 is 14.1 Å². The lowest BCUT2D eigenvalue weighted by Gasteiger charge is -2.33. The molecule has 3 rings (SSSR count). The molecule has 3 heterocycles. The minimum atomic E-state index is -0.142. The fourth-order valence-corrected chi connectivity index (χ4v) is 3.70. The lowest BCUT2D eigenvalue weighted by molar-refractivity contribution is -0.0138. The molecule has 23 heavy (non-hydrogen) atoms. The highest BCUT2D eigenvalue weighted by atomic mass is 32.1. The number of ether oxygens (including phenoxy) is 1. The molecule has 1 saturated heterocycles. The Balaban J connectivity index is 1.64. The second-order valence-electron chi connectivity index (χ2n) is 5.73. The molecule has 0 saturated carbocycles. The number of amides is 2. The molecule has 1 aliphatic heterocycles. The van der Waals surface area contributed by atoms with Gasteiger partial charge in [-0.1, -0.05) is 11.2 Å². The molecule has 124 valence electrons. The molecule has 1 aliphatic rings. The van der Waals surface area contributed by atoms with Crippen LogP contribution in [0.2, 0.25) is 0 Å². The molecule has 2 aromatic heterocycles. The van der Waals surface area contributed by atoms with Gasteiger partial charge in [0.05, 0.1) is 24.9 Å². The van der Waals surface area contributed by atoms with Crippen molar-refractivity contribution in [1.29, 1.82) is 0 Å². The van der Waals surface area contributed by atoms with Crippen molar-refractivity contribution in [2.24, 2.45) is 0 Å². The Hall–Kier alpha value is -1.86. The highest BCUT2D eigenvalue weighted by Gasteiger charge is 2.27. The average Bonchev–Trinajstić information content (AvgIpc) is 3.17. The van der Waals surface area contributed by atoms with Gasteiger partial charge in [-0.25, -0.2) is 4.79 Å². The molecule has 0 bridgehead atoms. The number of nitrogens with one attached hydrogen (secondary N) is 1. The quantitative estimate of drug-likeness (QED) is 0.935. The molecule has 2 atom stereocenters. The van der Waals surface area contributed by atoms with Gasteiger partial charge in [-0.3, -0.25) is 0 Å². The summed E-state index contributed by atoms with van der Waals surface area (Å²) in [6.45, 7) is 7.41. The summed E-state index contributed by atoms with van der Waals surface area (Å²) in [5.74, 6) is 0.744. The second kappa shape index (κ2) is 6.72. The molecule has 0 spiro atoms. The van der Waals surface area contributed by atoms with Crippen molar-refractivity contribution in [3.05, 3.63) is 39.4 Å². The van der Waals surface area contributed by atoms with Crippen molar-refractivity contribution in [2.75, 3.05) is 19.7 Å². The molecule has 0 aromatic carbocycles. The second-order valence-corrected chi connectivity index (χ2v) is 6.71. The molecule has 7 heteroatoms. The Morgan fingerprint density at radius 3 is 3.00 bits per heavy atom. The van der Waals surface area contributed by atoms with Gasteiger partial charge >= 0.3 is 6.03 Å². The Kier molecular flexibility index (Phi) is 4.68. The SMILES string of the molecule is Cc1noc(C)c1[C@@H](C)NC(=O)N1CCO[C@@H](c2cccs2)C1. The zero-order valence-corrected chi connectivity index (χ0v) is 14.4. The van der Waals surface area contributed by atoms with Crippen molar-refractivity contribution in [3.63, 3.8) is 0 Å². The van der Waals surface area contributed by atoms with Crippen LogP contribution < -0.4 is 5.32 Å². The van der Waals surface area contributed by atoms with Gasteiger partial charge in [-0.05, 0) is 32.2 Å². The molecule has 2 amide bonds. The van der Waals surface area contributed by atoms with E-state index >= 15 is 0 Å². The summed E-state index contributed by atoms with van der Waals surface area (Å²) >= 11 is 1.66. The summed E-state index contributed by atoms with van der Waals surface area (Å²) in [4.78, 5) is 15.5. The van der Waals surface area contributed by atoms with Crippen LogP contribution in [0.1, 0.15) is 41.0 Å². The maximum absolute atomic E-state index is 12.6. The fraction of sp³-hybridized carbons (Fsp3) is 0.500. The zero-order valence-electron chi connectivity index (χ0n) is 13.5. The van der Waals surface area contributed by atoms with Crippen LogP contribution in [-0.4, -0.2) is 35.8 Å². The van der Waals surface area contributed by atoms with Crippen LogP contribution in [0, 0.1) is 13.8 Å². The monoisotopic (exact) mass is 335 g/mol. The van der Waals surface area contributed by atoms with E-state index in [9.17, 15) is 4.79 Å². The van der Waals surface area contributed by atoms with Crippen LogP contribution in [0.15, 0.2) is 22.0 Å². The first-order chi connectivity index (χ1) is 11.1. The predicted octanol–water partition coefficient (Wildman–Crippen LogP) is 3.20. The number of hydrogen-bond acceptors (Lipinski definition) is 5. The van der Waals surface area contributed by atoms with Crippen LogP contribution in [0.3, 0.4) is 0 Å². The Bertz CT molecular complexity index is 649. The maximum Gasteiger partial charge on any atom is 0.318 e. The number of rotatable bonds is 3. The van der Waals surface area contributed by atoms with Crippen LogP contribution in [0.5, 0.6) is 0 Å². The first kappa shape index (κ1) is 16.0. The first-order valence-electron chi connectivity index (χ1n) is 7.69. The van der Waals surface area contributed by atoms with Gasteiger partial charge in [-0.2, -0.15) is 0 Å². The standard InChI is InChI=1S/C16H21N3O3S/c1-10(15-11(2)18-22-12(15)3)17-16(20)19-6-7-21-13(9-19)14-5-4-8-23-14/h4-5,8,10,13H,6-7,9H2,1-3H3,(H,17,20)/t10-,13-/m1/s1. The van der Waals surface area contributed by atoms with E-state index in [2.05, 4.69) is 10.5 Å². The molecular formula is C16H21N3O3S. The third-order valence-electron chi connectivity index (χ3n) is 4.08. The Labute approximate surface area is 139 Å². The Morgan fingerprint density at radius 1 is 1.52 bits per heavy atom. The fourth-order valence-electron chi connectivity index (χ4n) is 2.94. The van der Waals surface area contributed by atoms with Crippen molar-refractivity contribution in [1.82, 2.24) is 15.4 Å². The molecule has 2 aromatic rings. The van der Waals surface area contributed by atoms with Crippen LogP contribution in [0.25, 0.3) is 0 Å². The number of urea groups is 1. The van der Waals surface area contributed by atoms with Gasteiger partial charge in [0.25, 0.3) is 0 Å². The lowest BCUT2D eigenvalue weighted by atomic mass is 10.1. The predicted molar refractivity (Wildman–Crippen MR) is 87.5 cm³/mol. The zero-order chi connectivity index (χ0) is 16.4. The molecular weight excluding hydrogens is 314 g/mol. The highest BCUT2D eigenvalue weighted by Crippen LogP contribution is 2.26. The number of nitrogens with zero attached hydrogens (tertiary/aromatic N) is 2. The lowest BCUT2D eigenvalue weighted by Crippen LogP contribution is -2.47. The topological polar surface area (TPSA) is 67.6 Å². The normalized spacial score (nSPS) is 19.6. The van der Waals surface area contributed by atoms with Crippen LogP contribution >= 0.6 is 11.3 Å². The van der Waals surface area contributed by atoms with E-state index in [0.717, 1.165) is 21.9 Å². The van der Waals surface area contributed by atoms with Crippen molar-refractivity contribution in [2.45, 2.75) is 32.9 Å². The molecule has 1 N–H and O–H groups in total. The van der Waals surface area contributed by atoms with Gasteiger partial charge < -0.3 is 19.5 Å². The Morgan fingerprint density at radius 2 is 2.35 bits per heavy atom. The van der Waals surface area contributed by atoms with Gasteiger partial charge in [0, 0.05) is 17.0 Å². The number of carbonyl (C=O) groups excluding carboxylic acids is 1. The van der Waals surface area contributed by atoms with Gasteiger partial charge in [0.1, 0.15) is 11.9 Å². The third-order valence-corrected chi connectivity index (χ3v) is 5.04. The van der Waals surface area contributed by atoms with E-state index in [4.69, 9.17) is 9.26 Å². The van der Waals surface area contributed by atoms with E-state index in [-0.39, 0.29) is 18.2 Å². The number of morpholine rings is 1. The van der Waals surface area contributed by atoms with E-state index in [1.54, 1.807) is 11.3 Å². The van der Waals surface area contributed by atoms with E-state index in [1.807, 2.05) is 43.2 Å². The molecule has 0 radical (unpaired) electrons. The van der Waals surface area contributed by atoms with Gasteiger partial charge in [-0.15, -0.1) is 11.3 Å². The number of carbonyl (C=O) groups is 1. The van der Waals surface area contributed by atoms with Gasteiger partial charge in [0.15, 0.2) is 0 Å². The number of hydrogen-bond donors (Lipinski definition) is 1. The van der Waals surface area contributed by atoms with Crippen molar-refractivity contribution >= 4 is 17.4 Å². The maximum atomic E-state index is 12.6. The van der Waals surface area contributed by atoms with E-state index < -0.39 is 0 Å². The van der Waals surface area contributed by atoms with Crippen LogP contribution in [-0.2, 0) is 4.74 Å². The minimum Gasteiger partial charge on any atom is -0.369 e. The van der Waals surface area contributed by atoms with E-state index in [0.29, 0.717) is 19.7 Å². The number of thiophene rings is 1. The largest absolute Gasteiger partial charge is 0.369 e. The first-order valence-corrected chi connectivity index (χ1v) is 8.57. The summed E-state index contributed by atoms with van der Waals surface area (Å²) in [6, 6.07) is 3.82. The van der Waals surface area contributed by atoms with Crippen LogP contribution in [0.4, 0.5) is 4.79 Å². The number of aromatic nitrogens is 1. The smallest absolute Gasteiger partial charge is 0.318 e. The molecule has 0 unspecified atom stereocenters. The molecule has 6 nitrogen and oxygen atoms in total. The average molecular weight is 335 g/mol. The number of aryl methyl sites for hydroxylation is 2.